The summed E-state index contributed by atoms with van der Waals surface area (Å²) in [6.07, 6.45) is 7.50. The van der Waals surface area contributed by atoms with Crippen LogP contribution in [0.5, 0.6) is 0 Å². The number of amides is 1. The predicted octanol–water partition coefficient (Wildman–Crippen LogP) is 4.74. The van der Waals surface area contributed by atoms with Crippen molar-refractivity contribution >= 4 is 17.5 Å². The van der Waals surface area contributed by atoms with E-state index in [0.717, 1.165) is 10.7 Å². The summed E-state index contributed by atoms with van der Waals surface area (Å²) in [6, 6.07) is 13.3. The maximum atomic E-state index is 13.5. The minimum atomic E-state index is -0.886. The van der Waals surface area contributed by atoms with E-state index in [-0.39, 0.29) is 11.3 Å². The van der Waals surface area contributed by atoms with E-state index in [9.17, 15) is 14.0 Å². The van der Waals surface area contributed by atoms with Crippen LogP contribution in [0.25, 0.3) is 16.9 Å². The van der Waals surface area contributed by atoms with E-state index in [1.165, 1.54) is 56.4 Å². The molecule has 2 aromatic carbocycles. The molecule has 1 aromatic heterocycles. The first-order valence-electron chi connectivity index (χ1n) is 9.42. The van der Waals surface area contributed by atoms with Crippen LogP contribution in [-0.4, -0.2) is 15.7 Å². The average molecular weight is 414 g/mol. The zero-order chi connectivity index (χ0) is 20.8. The van der Waals surface area contributed by atoms with E-state index in [0.29, 0.717) is 16.3 Å². The van der Waals surface area contributed by atoms with Gasteiger partial charge in [-0.2, -0.15) is 9.78 Å². The summed E-state index contributed by atoms with van der Waals surface area (Å²) in [5, 5.41) is 4.75. The van der Waals surface area contributed by atoms with Gasteiger partial charge in [0, 0.05) is 10.6 Å². The maximum Gasteiger partial charge on any atom is 0.284 e. The number of carbonyl (C=O) groups is 1. The fourth-order valence-electron chi connectivity index (χ4n) is 3.10. The van der Waals surface area contributed by atoms with Crippen LogP contribution in [0.3, 0.4) is 0 Å². The average Bonchev–Trinajstić information content (AvgIpc) is 3.29. The van der Waals surface area contributed by atoms with E-state index < -0.39 is 17.3 Å². The maximum absolute atomic E-state index is 13.5. The summed E-state index contributed by atoms with van der Waals surface area (Å²) in [7, 11) is 0. The van der Waals surface area contributed by atoms with Crippen molar-refractivity contribution in [3.05, 3.63) is 81.4 Å². The number of benzene rings is 2. The summed E-state index contributed by atoms with van der Waals surface area (Å²) < 4.78 is 14.4. The van der Waals surface area contributed by atoms with Crippen LogP contribution in [0, 0.1) is 5.82 Å². The minimum Gasteiger partial charge on any atom is -0.365 e. The second kappa shape index (κ2) is 9.47. The number of aromatic nitrogens is 2. The fraction of sp³-hybridized carbons (Fsp3) is 0.227. The first-order chi connectivity index (χ1) is 14.0. The summed E-state index contributed by atoms with van der Waals surface area (Å²) in [5.41, 5.74) is 5.50. The molecule has 1 amide bonds. The lowest BCUT2D eigenvalue weighted by atomic mass is 10.1. The summed E-state index contributed by atoms with van der Waals surface area (Å²) >= 11 is 5.86. The summed E-state index contributed by atoms with van der Waals surface area (Å²) in [4.78, 5) is 24.0. The molecule has 1 aliphatic rings. The van der Waals surface area contributed by atoms with Crippen molar-refractivity contribution in [3.63, 3.8) is 0 Å². The molecule has 1 fully saturated rings. The van der Waals surface area contributed by atoms with E-state index in [2.05, 4.69) is 5.10 Å². The molecule has 150 valence electrons. The molecule has 0 saturated heterocycles. The second-order valence-electron chi connectivity index (χ2n) is 6.78. The van der Waals surface area contributed by atoms with Gasteiger partial charge in [0.15, 0.2) is 0 Å². The molecule has 0 unspecified atom stereocenters. The van der Waals surface area contributed by atoms with E-state index >= 15 is 0 Å². The quantitative estimate of drug-likeness (QED) is 0.673. The lowest BCUT2D eigenvalue weighted by Gasteiger charge is -2.10. The summed E-state index contributed by atoms with van der Waals surface area (Å²) in [5.74, 6) is -1.42. The van der Waals surface area contributed by atoms with Gasteiger partial charge >= 0.3 is 0 Å². The zero-order valence-corrected chi connectivity index (χ0v) is 16.5. The fourth-order valence-corrected chi connectivity index (χ4v) is 3.23. The topological polar surface area (TPSA) is 78.0 Å². The molecule has 5 nitrogen and oxygen atoms in total. The Balaban J connectivity index is 0.000000419. The van der Waals surface area contributed by atoms with E-state index in [4.69, 9.17) is 17.3 Å². The van der Waals surface area contributed by atoms with Gasteiger partial charge in [0.1, 0.15) is 11.4 Å². The molecule has 29 heavy (non-hydrogen) atoms. The highest BCUT2D eigenvalue weighted by atomic mass is 35.5. The van der Waals surface area contributed by atoms with Crippen molar-refractivity contribution in [1.29, 1.82) is 0 Å². The lowest BCUT2D eigenvalue weighted by Crippen LogP contribution is -2.30. The third-order valence-corrected chi connectivity index (χ3v) is 4.87. The highest BCUT2D eigenvalue weighted by Crippen LogP contribution is 2.20. The number of rotatable bonds is 3. The van der Waals surface area contributed by atoms with E-state index in [1.807, 2.05) is 0 Å². The number of hydrogen-bond donors (Lipinski definition) is 1. The Morgan fingerprint density at radius 2 is 1.62 bits per heavy atom. The largest absolute Gasteiger partial charge is 0.365 e. The van der Waals surface area contributed by atoms with Gasteiger partial charge in [-0.05, 0) is 36.4 Å². The molecule has 0 atom stereocenters. The van der Waals surface area contributed by atoms with Crippen LogP contribution in [0.1, 0.15) is 42.5 Å². The van der Waals surface area contributed by atoms with Gasteiger partial charge in [0.05, 0.1) is 11.4 Å². The lowest BCUT2D eigenvalue weighted by molar-refractivity contribution is 0.0998. The van der Waals surface area contributed by atoms with Gasteiger partial charge in [0.2, 0.25) is 0 Å². The highest BCUT2D eigenvalue weighted by molar-refractivity contribution is 6.30. The molecule has 2 N–H and O–H groups in total. The Morgan fingerprint density at radius 1 is 1.00 bits per heavy atom. The van der Waals surface area contributed by atoms with Gasteiger partial charge in [-0.3, -0.25) is 9.59 Å². The van der Waals surface area contributed by atoms with Crippen molar-refractivity contribution < 1.29 is 9.18 Å². The standard InChI is InChI=1S/C17H11ClFN3O2.C5H10/c18-11-6-4-10(5-7-11)15-9-14(16(20)23)17(24)22(21-15)13-3-1-2-12(19)8-13;1-2-4-5-3-1/h1-9H,(H2,20,23);1-5H2. The normalized spacial score (nSPS) is 12.9. The van der Waals surface area contributed by atoms with Crippen molar-refractivity contribution in [2.24, 2.45) is 5.73 Å². The number of nitrogens with zero attached hydrogens (tertiary/aromatic N) is 2. The number of halogens is 2. The molecule has 1 heterocycles. The first-order valence-corrected chi connectivity index (χ1v) is 9.79. The smallest absolute Gasteiger partial charge is 0.284 e. The number of nitrogens with two attached hydrogens (primary N) is 1. The molecule has 1 aliphatic carbocycles. The Morgan fingerprint density at radius 3 is 2.17 bits per heavy atom. The Labute approximate surface area is 172 Å². The molecule has 1 saturated carbocycles. The number of hydrogen-bond acceptors (Lipinski definition) is 3. The highest BCUT2D eigenvalue weighted by Gasteiger charge is 2.15. The van der Waals surface area contributed by atoms with Gasteiger partial charge in [0.25, 0.3) is 11.5 Å². The Bertz CT molecular complexity index is 1050. The van der Waals surface area contributed by atoms with Crippen LogP contribution in [-0.2, 0) is 0 Å². The van der Waals surface area contributed by atoms with Crippen LogP contribution in [0.2, 0.25) is 5.02 Å². The SMILES string of the molecule is C1CCCC1.NC(=O)c1cc(-c2ccc(Cl)cc2)nn(-c2cccc(F)c2)c1=O. The monoisotopic (exact) mass is 413 g/mol. The van der Waals surface area contributed by atoms with Crippen LogP contribution in [0.4, 0.5) is 4.39 Å². The molecule has 0 spiro atoms. The third-order valence-electron chi connectivity index (χ3n) is 4.62. The molecule has 0 aliphatic heterocycles. The van der Waals surface area contributed by atoms with Crippen molar-refractivity contribution in [2.75, 3.05) is 0 Å². The van der Waals surface area contributed by atoms with Gasteiger partial charge < -0.3 is 5.73 Å². The van der Waals surface area contributed by atoms with Crippen molar-refractivity contribution in [1.82, 2.24) is 9.78 Å². The predicted molar refractivity (Wildman–Crippen MR) is 112 cm³/mol. The molecule has 0 radical (unpaired) electrons. The van der Waals surface area contributed by atoms with Gasteiger partial charge in [-0.15, -0.1) is 0 Å². The number of primary amides is 1. The molecule has 0 bridgehead atoms. The van der Waals surface area contributed by atoms with Crippen LogP contribution < -0.4 is 11.3 Å². The van der Waals surface area contributed by atoms with Gasteiger partial charge in [-0.1, -0.05) is 61.9 Å². The molecular formula is C22H21ClFN3O2. The minimum absolute atomic E-state index is 0.193. The van der Waals surface area contributed by atoms with Crippen LogP contribution >= 0.6 is 11.6 Å². The second-order valence-corrected chi connectivity index (χ2v) is 7.22. The van der Waals surface area contributed by atoms with Gasteiger partial charge in [-0.25, -0.2) is 4.39 Å². The molecular weight excluding hydrogens is 393 g/mol. The van der Waals surface area contributed by atoms with Crippen molar-refractivity contribution in [3.8, 4) is 16.9 Å². The molecule has 7 heteroatoms. The van der Waals surface area contributed by atoms with Crippen LogP contribution in [0.15, 0.2) is 59.4 Å². The molecule has 3 aromatic rings. The third kappa shape index (κ3) is 5.29. The Hall–Kier alpha value is -2.99. The summed E-state index contributed by atoms with van der Waals surface area (Å²) in [6.45, 7) is 0. The zero-order valence-electron chi connectivity index (χ0n) is 15.8. The number of carbonyl (C=O) groups excluding carboxylic acids is 1. The molecule has 4 rings (SSSR count). The van der Waals surface area contributed by atoms with E-state index in [1.54, 1.807) is 24.3 Å². The first kappa shape index (κ1) is 20.7. The van der Waals surface area contributed by atoms with Crippen molar-refractivity contribution in [2.45, 2.75) is 32.1 Å². The Kier molecular flexibility index (Phi) is 6.77.